The van der Waals surface area contributed by atoms with Crippen LogP contribution in [-0.2, 0) is 172 Å². The molecule has 15 atom stereocenters. The Morgan fingerprint density at radius 3 is 0.758 bits per heavy atom. The third-order valence-corrected chi connectivity index (χ3v) is 18.6. The fourth-order valence-corrected chi connectivity index (χ4v) is 13.0. The number of unbranched alkanes of at least 4 members (excludes halogenated alkanes) is 3. The fourth-order valence-electron chi connectivity index (χ4n) is 13.0. The molecule has 48 nitrogen and oxygen atoms in total. The molecular weight excluding hydrogens is 1700 g/mol. The van der Waals surface area contributed by atoms with E-state index in [1.807, 2.05) is 0 Å². The number of hydrogen-bond donors (Lipinski definition) is 9. The maximum Gasteiger partial charge on any atom is 0.303 e. The summed E-state index contributed by atoms with van der Waals surface area (Å²) >= 11 is 0. The molecule has 0 bridgehead atoms. The first-order chi connectivity index (χ1) is 60.8. The number of rotatable bonds is 62. The summed E-state index contributed by atoms with van der Waals surface area (Å²) in [5.74, 6) is -10.4. The molecule has 724 valence electrons. The van der Waals surface area contributed by atoms with Crippen molar-refractivity contribution in [2.75, 3.05) is 125 Å². The molecule has 128 heavy (non-hydrogen) atoms. The quantitative estimate of drug-likeness (QED) is 0.00871. The van der Waals surface area contributed by atoms with E-state index in [0.717, 1.165) is 62.3 Å². The average Bonchev–Trinajstić information content (AvgIpc) is 0.795. The van der Waals surface area contributed by atoms with Gasteiger partial charge in [-0.05, 0) is 63.3 Å². The van der Waals surface area contributed by atoms with Crippen LogP contribution in [0.2, 0.25) is 0 Å². The van der Waals surface area contributed by atoms with Gasteiger partial charge in [0.1, 0.15) is 56.3 Å². The first-order valence-electron chi connectivity index (χ1n) is 42.2. The predicted octanol–water partition coefficient (Wildman–Crippen LogP) is -1.10. The Morgan fingerprint density at radius 1 is 0.305 bits per heavy atom. The zero-order chi connectivity index (χ0) is 95.1. The van der Waals surface area contributed by atoms with Crippen LogP contribution >= 0.6 is 0 Å². The molecule has 48 heteroatoms. The van der Waals surface area contributed by atoms with Crippen molar-refractivity contribution in [1.29, 1.82) is 0 Å². The van der Waals surface area contributed by atoms with Crippen LogP contribution in [0.1, 0.15) is 179 Å². The Hall–Kier alpha value is -10.6. The summed E-state index contributed by atoms with van der Waals surface area (Å²) in [5, 5.41) is 28.2. The Kier molecular flexibility index (Phi) is 54.6. The third kappa shape index (κ3) is 48.0. The van der Waals surface area contributed by atoms with E-state index >= 15 is 0 Å². The number of carbonyl (C=O) groups excluding carboxylic acids is 18. The number of amides is 9. The van der Waals surface area contributed by atoms with E-state index in [1.165, 1.54) is 20.8 Å². The molecule has 0 radical (unpaired) electrons. The molecule has 9 amide bonds. The molecule has 3 rings (SSSR count). The number of ether oxygens (including phenoxy) is 18. The summed E-state index contributed by atoms with van der Waals surface area (Å²) < 4.78 is 102. The van der Waals surface area contributed by atoms with E-state index in [-0.39, 0.29) is 162 Å². The van der Waals surface area contributed by atoms with E-state index in [2.05, 4.69) is 57.9 Å². The van der Waals surface area contributed by atoms with Gasteiger partial charge in [-0.1, -0.05) is 5.11 Å². The molecule has 0 aliphatic carbocycles. The topological polar surface area (TPSA) is 630 Å². The van der Waals surface area contributed by atoms with Crippen LogP contribution in [0.5, 0.6) is 0 Å². The summed E-state index contributed by atoms with van der Waals surface area (Å²) in [5.41, 5.74) is 8.27. The lowest BCUT2D eigenvalue weighted by molar-refractivity contribution is -0.277. The monoisotopic (exact) mass is 1830 g/mol. The highest BCUT2D eigenvalue weighted by Gasteiger charge is 2.54. The Balaban J connectivity index is 1.53. The molecule has 0 saturated carbocycles. The van der Waals surface area contributed by atoms with Crippen molar-refractivity contribution in [3.05, 3.63) is 10.4 Å². The van der Waals surface area contributed by atoms with Crippen LogP contribution < -0.4 is 47.9 Å². The number of hydrogen-bond acceptors (Lipinski definition) is 37. The van der Waals surface area contributed by atoms with Crippen molar-refractivity contribution in [2.45, 2.75) is 271 Å². The van der Waals surface area contributed by atoms with E-state index in [9.17, 15) is 91.8 Å². The SMILES string of the molecule is CC(=O)NC1C(OC(C)=O)[C@@H](OC(C)=O)C(COC(C)=O)O[C@H]1OCCCCC(=O)NCCCNC(=O)CCOCC(CN=[N+]=[N-])(COCCC(=O)NCCCNC(=O)CCCCO[C@@H]1OC(COC(C)=O)[C@H](OC(C)=O)C(OC(C)=O)C1NC(C)=O)COCCC(=O)NCCCNC(=O)CCCCO[C@@H]1OC(COC(C)=O)[C@H](OC(C)=O)C(OC(C)=O)[C@@H]1NC(C)=O. The van der Waals surface area contributed by atoms with Gasteiger partial charge in [0.05, 0.1) is 39.6 Å². The standard InChI is InChI=1S/C80H128N12O36/c1-47(93)89-68-74(123-56(10)102)71(120-53(7)99)59(40-117-50(4)96)126-77(68)114-34-16-13-22-62(105)82-28-19-31-85-65(108)25-37-111-44-80(43-88-92-81,45-112-38-26-66(109)86-32-20-29-83-63(106)23-14-17-35-115-78-69(90-48(2)94)75(124-57(11)103)72(121-54(8)100)60(127-78)41-118-51(5)97)46-113-39-27-67(110)87-33-21-30-84-64(107)24-15-18-36-116-79-70(91-49(3)95)76(125-58(12)104)73(122-55(9)101)61(128-79)42-119-52(6)98/h59-61,68-79H,13-46H2,1-12H3,(H,82,105)(H,83,106)(H,84,107)(H,85,108)(H,86,109)(H,87,110)(H,89,93)(H,90,94)(H,91,95)/t59?,60?,61?,68-,69?,70?,71-,72-,73-,74?,75?,76?,77+,78+,79+,80?/m0/s1. The molecule has 0 aromatic rings. The summed E-state index contributed by atoms with van der Waals surface area (Å²) in [6.45, 7) is 12.4. The molecule has 8 unspecified atom stereocenters. The van der Waals surface area contributed by atoms with Gasteiger partial charge in [-0.15, -0.1) is 0 Å². The predicted molar refractivity (Wildman–Crippen MR) is 436 cm³/mol. The number of nitrogens with one attached hydrogen (secondary N) is 9. The molecule has 0 aromatic carbocycles. The lowest BCUT2D eigenvalue weighted by Gasteiger charge is -2.44. The van der Waals surface area contributed by atoms with E-state index in [4.69, 9.17) is 85.3 Å². The highest BCUT2D eigenvalue weighted by atomic mass is 16.7. The second-order valence-corrected chi connectivity index (χ2v) is 30.1. The van der Waals surface area contributed by atoms with Crippen molar-refractivity contribution >= 4 is 107 Å². The van der Waals surface area contributed by atoms with Gasteiger partial charge in [-0.3, -0.25) is 86.3 Å². The zero-order valence-electron chi connectivity index (χ0n) is 74.7. The fraction of sp³-hybridized carbons (Fsp3) is 0.775. The van der Waals surface area contributed by atoms with Crippen molar-refractivity contribution in [3.63, 3.8) is 0 Å². The first kappa shape index (κ1) is 112. The summed E-state index contributed by atoms with van der Waals surface area (Å²) in [4.78, 5) is 225. The number of azide groups is 1. The van der Waals surface area contributed by atoms with Crippen LogP contribution in [0.4, 0.5) is 0 Å². The maximum atomic E-state index is 13.0. The Bertz CT molecular complexity index is 3300. The Labute approximate surface area is 741 Å². The van der Waals surface area contributed by atoms with Crippen LogP contribution in [0.3, 0.4) is 0 Å². The number of esters is 9. The van der Waals surface area contributed by atoms with Crippen LogP contribution in [0.15, 0.2) is 5.11 Å². The molecule has 9 N–H and O–H groups in total. The van der Waals surface area contributed by atoms with Crippen molar-refractivity contribution < 1.29 is 172 Å². The van der Waals surface area contributed by atoms with E-state index < -0.39 is 206 Å². The lowest BCUT2D eigenvalue weighted by atomic mass is 9.91. The highest BCUT2D eigenvalue weighted by molar-refractivity contribution is 5.79. The van der Waals surface area contributed by atoms with Gasteiger partial charge in [-0.2, -0.15) is 0 Å². The molecule has 3 aliphatic heterocycles. The summed E-state index contributed by atoms with van der Waals surface area (Å²) in [6.07, 6.45) is -12.3. The molecule has 0 aromatic heterocycles. The smallest absolute Gasteiger partial charge is 0.303 e. The largest absolute Gasteiger partial charge is 0.463 e. The lowest BCUT2D eigenvalue weighted by Crippen LogP contribution is -2.66. The zero-order valence-corrected chi connectivity index (χ0v) is 74.7. The van der Waals surface area contributed by atoms with Crippen LogP contribution in [0.25, 0.3) is 10.4 Å². The van der Waals surface area contributed by atoms with Gasteiger partial charge in [0.15, 0.2) is 55.5 Å². The minimum absolute atomic E-state index is 0.00669. The maximum absolute atomic E-state index is 13.0. The van der Waals surface area contributed by atoms with Gasteiger partial charge < -0.3 is 133 Å². The minimum atomic E-state index is -1.31. The van der Waals surface area contributed by atoms with Crippen LogP contribution in [-0.4, -0.2) is 324 Å². The second kappa shape index (κ2) is 62.6. The molecule has 3 aliphatic rings. The van der Waals surface area contributed by atoms with E-state index in [0.29, 0.717) is 57.8 Å². The second-order valence-electron chi connectivity index (χ2n) is 30.1. The van der Waals surface area contributed by atoms with E-state index in [1.54, 1.807) is 0 Å². The van der Waals surface area contributed by atoms with Crippen molar-refractivity contribution in [2.24, 2.45) is 10.5 Å². The molecular formula is C80H128N12O36. The summed E-state index contributed by atoms with van der Waals surface area (Å²) in [7, 11) is 0. The van der Waals surface area contributed by atoms with Crippen LogP contribution in [0, 0.1) is 5.41 Å². The highest BCUT2D eigenvalue weighted by Crippen LogP contribution is 2.32. The number of nitrogens with zero attached hydrogens (tertiary/aromatic N) is 3. The van der Waals surface area contributed by atoms with Gasteiger partial charge in [0, 0.05) is 198 Å². The third-order valence-electron chi connectivity index (χ3n) is 18.6. The average molecular weight is 1830 g/mol. The van der Waals surface area contributed by atoms with Crippen molar-refractivity contribution in [1.82, 2.24) is 47.9 Å². The molecule has 3 fully saturated rings. The van der Waals surface area contributed by atoms with Gasteiger partial charge in [0.25, 0.3) is 0 Å². The normalized spacial score (nSPS) is 22.0. The Morgan fingerprint density at radius 2 is 0.539 bits per heavy atom. The van der Waals surface area contributed by atoms with Gasteiger partial charge >= 0.3 is 53.7 Å². The molecule has 0 spiro atoms. The molecule has 3 saturated heterocycles. The number of carbonyl (C=O) groups is 18. The minimum Gasteiger partial charge on any atom is -0.463 e. The summed E-state index contributed by atoms with van der Waals surface area (Å²) in [6, 6.07) is -3.49. The van der Waals surface area contributed by atoms with Crippen molar-refractivity contribution in [3.8, 4) is 0 Å². The first-order valence-corrected chi connectivity index (χ1v) is 42.2. The van der Waals surface area contributed by atoms with Gasteiger partial charge in [0.2, 0.25) is 53.2 Å². The van der Waals surface area contributed by atoms with Gasteiger partial charge in [-0.25, -0.2) is 0 Å². The molecule has 3 heterocycles.